The molecule has 0 aliphatic heterocycles. The molecule has 0 spiro atoms. The molecular weight excluding hydrogens is 879 g/mol. The lowest BCUT2D eigenvalue weighted by molar-refractivity contribution is -0.162. The monoisotopic (exact) mass is 945 g/mol. The van der Waals surface area contributed by atoms with Gasteiger partial charge in [0.05, 0.1) is 37.9 Å². The molecule has 368 valence electrons. The molecule has 4 aromatic carbocycles. The molecule has 0 heterocycles. The van der Waals surface area contributed by atoms with Crippen LogP contribution in [0.15, 0.2) is 72.8 Å². The van der Waals surface area contributed by atoms with Gasteiger partial charge in [0.15, 0.2) is 0 Å². The van der Waals surface area contributed by atoms with Crippen LogP contribution in [-0.2, 0) is 28.7 Å². The minimum atomic E-state index is -1.02. The minimum Gasteiger partial charge on any atom is -0.496 e. The lowest BCUT2D eigenvalue weighted by Crippen LogP contribution is -2.61. The number of hydrogen-bond donors (Lipinski definition) is 3. The number of nitrogens with zero attached hydrogens (tertiary/aromatic N) is 2. The van der Waals surface area contributed by atoms with E-state index in [9.17, 15) is 19.2 Å². The first kappa shape index (κ1) is 49.4. The standard InChI is InChI=1S/C54H67N5O10/c1-58(2)27-11-25-55-49(60)43-33-17-21-37(41(29-33)68-53(64)45-35-15-9-7-13-31(35)19-23-39(45)66-5)47(43)51(62)57-52(63)48-38-22-18-34(44(48)50(61)56-26-12-28-59(3)4)30-42(38)69-54(65)46-36-16-10-8-14-32(36)20-24-40(46)67-6/h7-10,13-16,19-20,23-24,33-34,37-38,41-44,47-48H,11-12,17-18,21-22,25-30H2,1-6H3,(H,55,60)(H,56,61)(H,57,62,63). The average Bonchev–Trinajstić information content (AvgIpc) is 3.35. The molecule has 15 heteroatoms. The number of imide groups is 1. The highest BCUT2D eigenvalue weighted by Gasteiger charge is 2.58. The first-order valence-corrected chi connectivity index (χ1v) is 24.5. The first-order chi connectivity index (χ1) is 33.3. The lowest BCUT2D eigenvalue weighted by Gasteiger charge is -2.51. The van der Waals surface area contributed by atoms with Gasteiger partial charge in [-0.15, -0.1) is 0 Å². The Balaban J connectivity index is 1.08. The Kier molecular flexibility index (Phi) is 15.5. The number of benzene rings is 4. The van der Waals surface area contributed by atoms with Crippen molar-refractivity contribution in [3.63, 3.8) is 0 Å². The third-order valence-corrected chi connectivity index (χ3v) is 15.2. The number of hydrogen-bond acceptors (Lipinski definition) is 12. The smallest absolute Gasteiger partial charge is 0.342 e. The Bertz CT molecular complexity index is 2390. The maximum absolute atomic E-state index is 15.1. The maximum atomic E-state index is 15.1. The van der Waals surface area contributed by atoms with Crippen molar-refractivity contribution in [1.29, 1.82) is 0 Å². The van der Waals surface area contributed by atoms with Crippen LogP contribution in [-0.4, -0.2) is 126 Å². The van der Waals surface area contributed by atoms with Crippen LogP contribution in [0.25, 0.3) is 21.5 Å². The SMILES string of the molecule is COc1ccc2ccccc2c1C(=O)OC1CC2CCC1C(C(=O)NC(=O)C1C3CCC(CC3OC(=O)c3c(OC)ccc4ccccc34)C1C(=O)NCCCN(C)C)C2C(=O)NCCCN(C)C. The fourth-order valence-electron chi connectivity index (χ4n) is 12.1. The van der Waals surface area contributed by atoms with Gasteiger partial charge in [0.1, 0.15) is 34.8 Å². The Morgan fingerprint density at radius 3 is 1.32 bits per heavy atom. The van der Waals surface area contributed by atoms with Crippen LogP contribution in [0.5, 0.6) is 11.5 Å². The van der Waals surface area contributed by atoms with Crippen molar-refractivity contribution in [2.45, 2.75) is 63.6 Å². The number of methoxy groups -OCH3 is 2. The molecule has 4 aromatic rings. The lowest BCUT2D eigenvalue weighted by atomic mass is 9.56. The van der Waals surface area contributed by atoms with E-state index in [4.69, 9.17) is 18.9 Å². The number of carbonyl (C=O) groups is 6. The van der Waals surface area contributed by atoms with Crippen molar-refractivity contribution in [1.82, 2.24) is 25.8 Å². The molecule has 6 fully saturated rings. The predicted molar refractivity (Wildman–Crippen MR) is 261 cm³/mol. The molecule has 6 aliphatic carbocycles. The van der Waals surface area contributed by atoms with Crippen molar-refractivity contribution >= 4 is 57.1 Å². The second kappa shape index (κ2) is 21.7. The van der Waals surface area contributed by atoms with Gasteiger partial charge in [-0.3, -0.25) is 24.5 Å². The molecule has 69 heavy (non-hydrogen) atoms. The molecule has 3 N–H and O–H groups in total. The highest BCUT2D eigenvalue weighted by atomic mass is 16.6. The summed E-state index contributed by atoms with van der Waals surface area (Å²) in [7, 11) is 10.8. The number of amides is 4. The minimum absolute atomic E-state index is 0.274. The highest BCUT2D eigenvalue weighted by molar-refractivity contribution is 6.08. The number of carbonyl (C=O) groups excluding carboxylic acids is 6. The first-order valence-electron chi connectivity index (χ1n) is 24.5. The summed E-state index contributed by atoms with van der Waals surface area (Å²) >= 11 is 0. The Hall–Kier alpha value is -6.06. The molecule has 10 rings (SSSR count). The largest absolute Gasteiger partial charge is 0.496 e. The predicted octanol–water partition coefficient (Wildman–Crippen LogP) is 5.86. The quantitative estimate of drug-likeness (QED) is 0.0615. The summed E-state index contributed by atoms with van der Waals surface area (Å²) in [6.45, 7) is 2.31. The summed E-state index contributed by atoms with van der Waals surface area (Å²) in [5.41, 5.74) is 0.548. The van der Waals surface area contributed by atoms with Crippen LogP contribution >= 0.6 is 0 Å². The summed E-state index contributed by atoms with van der Waals surface area (Å²) in [4.78, 5) is 91.3. The van der Waals surface area contributed by atoms with E-state index in [1.165, 1.54) is 14.2 Å². The number of ether oxygens (including phenoxy) is 4. The van der Waals surface area contributed by atoms with Gasteiger partial charge in [-0.2, -0.15) is 0 Å². The number of rotatable bonds is 18. The third kappa shape index (κ3) is 10.4. The highest BCUT2D eigenvalue weighted by Crippen LogP contribution is 2.53. The summed E-state index contributed by atoms with van der Waals surface area (Å²) < 4.78 is 24.0. The number of fused-ring (bicyclic) bond motifs is 8. The molecule has 4 bridgehead atoms. The zero-order chi connectivity index (χ0) is 48.9. The molecule has 6 saturated carbocycles. The molecular formula is C54H67N5O10. The van der Waals surface area contributed by atoms with Crippen LogP contribution in [0.1, 0.15) is 72.1 Å². The molecule has 15 nitrogen and oxygen atoms in total. The van der Waals surface area contributed by atoms with E-state index in [1.54, 1.807) is 12.1 Å². The van der Waals surface area contributed by atoms with Crippen LogP contribution in [0.3, 0.4) is 0 Å². The van der Waals surface area contributed by atoms with Gasteiger partial charge >= 0.3 is 11.9 Å². The summed E-state index contributed by atoms with van der Waals surface area (Å²) in [6.07, 6.45) is 2.94. The van der Waals surface area contributed by atoms with Crippen LogP contribution in [0.2, 0.25) is 0 Å². The van der Waals surface area contributed by atoms with Gasteiger partial charge in [-0.05, 0) is 138 Å². The van der Waals surface area contributed by atoms with Crippen molar-refractivity contribution in [3.05, 3.63) is 83.9 Å². The molecule has 0 aromatic heterocycles. The molecule has 0 saturated heterocycles. The fourth-order valence-corrected chi connectivity index (χ4v) is 12.1. The molecule has 10 atom stereocenters. The average molecular weight is 946 g/mol. The fraction of sp³-hybridized carbons (Fsp3) is 0.519. The summed E-state index contributed by atoms with van der Waals surface area (Å²) in [6, 6.07) is 22.1. The van der Waals surface area contributed by atoms with E-state index in [0.29, 0.717) is 86.7 Å². The Morgan fingerprint density at radius 2 is 0.928 bits per heavy atom. The maximum Gasteiger partial charge on any atom is 0.342 e. The Labute approximate surface area is 404 Å². The molecule has 10 unspecified atom stereocenters. The van der Waals surface area contributed by atoms with Crippen LogP contribution in [0, 0.1) is 47.3 Å². The van der Waals surface area contributed by atoms with E-state index < -0.39 is 71.5 Å². The van der Waals surface area contributed by atoms with Gasteiger partial charge in [0, 0.05) is 24.9 Å². The Morgan fingerprint density at radius 1 is 0.522 bits per heavy atom. The second-order valence-corrected chi connectivity index (χ2v) is 19.9. The van der Waals surface area contributed by atoms with E-state index >= 15 is 9.59 Å². The topological polar surface area (TPSA) is 182 Å². The van der Waals surface area contributed by atoms with E-state index in [2.05, 4.69) is 16.0 Å². The van der Waals surface area contributed by atoms with Gasteiger partial charge in [-0.25, -0.2) is 9.59 Å². The summed E-state index contributed by atoms with van der Waals surface area (Å²) in [5.74, 6) is -7.77. The van der Waals surface area contributed by atoms with Gasteiger partial charge in [0.2, 0.25) is 23.6 Å². The summed E-state index contributed by atoms with van der Waals surface area (Å²) in [5, 5.41) is 11.9. The zero-order valence-electron chi connectivity index (χ0n) is 40.7. The van der Waals surface area contributed by atoms with E-state index in [0.717, 1.165) is 23.9 Å². The number of esters is 2. The van der Waals surface area contributed by atoms with Gasteiger partial charge in [0.25, 0.3) is 0 Å². The van der Waals surface area contributed by atoms with E-state index in [-0.39, 0.29) is 34.8 Å². The van der Waals surface area contributed by atoms with Crippen LogP contribution in [0.4, 0.5) is 0 Å². The zero-order valence-corrected chi connectivity index (χ0v) is 40.7. The van der Waals surface area contributed by atoms with Crippen molar-refractivity contribution in [2.24, 2.45) is 47.3 Å². The van der Waals surface area contributed by atoms with Crippen molar-refractivity contribution < 1.29 is 47.7 Å². The van der Waals surface area contributed by atoms with Gasteiger partial charge < -0.3 is 39.4 Å². The van der Waals surface area contributed by atoms with Gasteiger partial charge in [-0.1, -0.05) is 60.7 Å². The van der Waals surface area contributed by atoms with Crippen LogP contribution < -0.4 is 25.4 Å². The molecule has 6 aliphatic rings. The normalized spacial score (nSPS) is 25.9. The second-order valence-electron chi connectivity index (χ2n) is 19.9. The number of nitrogens with one attached hydrogen (secondary N) is 3. The van der Waals surface area contributed by atoms with E-state index in [1.807, 2.05) is 98.7 Å². The molecule has 4 amide bonds. The molecule has 0 radical (unpaired) electrons. The van der Waals surface area contributed by atoms with Crippen molar-refractivity contribution in [2.75, 3.05) is 68.6 Å². The third-order valence-electron chi connectivity index (χ3n) is 15.2. The van der Waals surface area contributed by atoms with Crippen molar-refractivity contribution in [3.8, 4) is 11.5 Å².